The van der Waals surface area contributed by atoms with Crippen molar-refractivity contribution < 1.29 is 24.5 Å². The summed E-state index contributed by atoms with van der Waals surface area (Å²) >= 11 is 0. The molecule has 0 aromatic rings. The second-order valence-electron chi connectivity index (χ2n) is 3.15. The summed E-state index contributed by atoms with van der Waals surface area (Å²) in [6, 6.07) is 0. The van der Waals surface area contributed by atoms with Crippen LogP contribution in [0.1, 0.15) is 13.3 Å². The molecular formula is C8H14O5. The van der Waals surface area contributed by atoms with E-state index >= 15 is 0 Å². The number of hydrogen-bond donors (Lipinski definition) is 2. The monoisotopic (exact) mass is 190 g/mol. The molecule has 13 heavy (non-hydrogen) atoms. The summed E-state index contributed by atoms with van der Waals surface area (Å²) < 4.78 is 9.60. The van der Waals surface area contributed by atoms with E-state index in [9.17, 15) is 15.0 Å². The summed E-state index contributed by atoms with van der Waals surface area (Å²) in [5.74, 6) is -0.516. The fraction of sp³-hybridized carbons (Fsp3) is 0.875. The molecule has 0 aromatic carbocycles. The SMILES string of the molecule is COC(=O)[C@@H]1C[C@H](O)[C@@H](O)[C@H](C)O1. The summed E-state index contributed by atoms with van der Waals surface area (Å²) in [6.07, 6.45) is -3.09. The first-order valence-corrected chi connectivity index (χ1v) is 4.15. The molecule has 0 amide bonds. The molecule has 1 fully saturated rings. The van der Waals surface area contributed by atoms with Gasteiger partial charge in [-0.2, -0.15) is 0 Å². The molecule has 4 atom stereocenters. The van der Waals surface area contributed by atoms with Crippen molar-refractivity contribution in [1.29, 1.82) is 0 Å². The van der Waals surface area contributed by atoms with Crippen LogP contribution in [0, 0.1) is 0 Å². The van der Waals surface area contributed by atoms with Gasteiger partial charge in [-0.05, 0) is 6.92 Å². The molecule has 1 rings (SSSR count). The zero-order chi connectivity index (χ0) is 10.0. The second-order valence-corrected chi connectivity index (χ2v) is 3.15. The van der Waals surface area contributed by atoms with E-state index in [2.05, 4.69) is 4.74 Å². The number of aliphatic hydroxyl groups excluding tert-OH is 2. The lowest BCUT2D eigenvalue weighted by atomic mass is 9.99. The van der Waals surface area contributed by atoms with E-state index in [0.717, 1.165) is 0 Å². The van der Waals surface area contributed by atoms with E-state index < -0.39 is 30.4 Å². The molecule has 0 saturated carbocycles. The van der Waals surface area contributed by atoms with Gasteiger partial charge in [0.25, 0.3) is 0 Å². The van der Waals surface area contributed by atoms with E-state index in [-0.39, 0.29) is 6.42 Å². The maximum Gasteiger partial charge on any atom is 0.335 e. The highest BCUT2D eigenvalue weighted by Crippen LogP contribution is 2.20. The van der Waals surface area contributed by atoms with Crippen LogP contribution in [-0.2, 0) is 14.3 Å². The van der Waals surface area contributed by atoms with Gasteiger partial charge in [0.15, 0.2) is 6.10 Å². The average Bonchev–Trinajstić information content (AvgIpc) is 2.12. The van der Waals surface area contributed by atoms with Gasteiger partial charge in [0, 0.05) is 6.42 Å². The van der Waals surface area contributed by atoms with Gasteiger partial charge in [0.05, 0.1) is 19.3 Å². The van der Waals surface area contributed by atoms with Crippen LogP contribution in [0.25, 0.3) is 0 Å². The number of carbonyl (C=O) groups excluding carboxylic acids is 1. The van der Waals surface area contributed by atoms with E-state index in [0.29, 0.717) is 0 Å². The van der Waals surface area contributed by atoms with Crippen molar-refractivity contribution in [2.75, 3.05) is 7.11 Å². The molecule has 0 unspecified atom stereocenters. The van der Waals surface area contributed by atoms with Crippen molar-refractivity contribution in [3.05, 3.63) is 0 Å². The maximum atomic E-state index is 11.0. The third-order valence-corrected chi connectivity index (χ3v) is 2.17. The number of aliphatic hydroxyl groups is 2. The molecule has 5 nitrogen and oxygen atoms in total. The average molecular weight is 190 g/mol. The molecule has 0 aliphatic carbocycles. The molecular weight excluding hydrogens is 176 g/mol. The Morgan fingerprint density at radius 1 is 1.54 bits per heavy atom. The number of carbonyl (C=O) groups is 1. The summed E-state index contributed by atoms with van der Waals surface area (Å²) in [4.78, 5) is 11.0. The Morgan fingerprint density at radius 3 is 2.62 bits per heavy atom. The molecule has 2 N–H and O–H groups in total. The minimum absolute atomic E-state index is 0.0815. The highest BCUT2D eigenvalue weighted by Gasteiger charge is 2.37. The standard InChI is InChI=1S/C8H14O5/c1-4-7(10)5(9)3-6(13-4)8(11)12-2/h4-7,9-10H,3H2,1-2H3/t4-,5-,6-,7-/m0/s1. The van der Waals surface area contributed by atoms with Gasteiger partial charge in [-0.15, -0.1) is 0 Å². The minimum atomic E-state index is -0.930. The normalized spacial score (nSPS) is 40.0. The van der Waals surface area contributed by atoms with Gasteiger partial charge in [0.2, 0.25) is 0 Å². The highest BCUT2D eigenvalue weighted by molar-refractivity contribution is 5.74. The summed E-state index contributed by atoms with van der Waals surface area (Å²) in [5, 5.41) is 18.6. The minimum Gasteiger partial charge on any atom is -0.467 e. The quantitative estimate of drug-likeness (QED) is 0.522. The van der Waals surface area contributed by atoms with Crippen molar-refractivity contribution >= 4 is 5.97 Å². The Bertz CT molecular complexity index is 181. The molecule has 1 heterocycles. The van der Waals surface area contributed by atoms with Crippen molar-refractivity contribution in [3.63, 3.8) is 0 Å². The number of esters is 1. The lowest BCUT2D eigenvalue weighted by Gasteiger charge is -2.33. The molecule has 1 aliphatic rings. The second kappa shape index (κ2) is 4.04. The summed E-state index contributed by atoms with van der Waals surface area (Å²) in [6.45, 7) is 1.60. The molecule has 0 bridgehead atoms. The number of ether oxygens (including phenoxy) is 2. The Morgan fingerprint density at radius 2 is 2.15 bits per heavy atom. The number of rotatable bonds is 1. The first kappa shape index (κ1) is 10.4. The summed E-state index contributed by atoms with van der Waals surface area (Å²) in [7, 11) is 1.26. The van der Waals surface area contributed by atoms with Gasteiger partial charge in [-0.25, -0.2) is 4.79 Å². The van der Waals surface area contributed by atoms with Crippen LogP contribution in [0.2, 0.25) is 0 Å². The van der Waals surface area contributed by atoms with Gasteiger partial charge in [-0.1, -0.05) is 0 Å². The predicted octanol–water partition coefficient (Wildman–Crippen LogP) is -0.941. The van der Waals surface area contributed by atoms with Crippen LogP contribution in [0.15, 0.2) is 0 Å². The van der Waals surface area contributed by atoms with Crippen molar-refractivity contribution in [3.8, 4) is 0 Å². The molecule has 5 heteroatoms. The van der Waals surface area contributed by atoms with Crippen LogP contribution < -0.4 is 0 Å². The first-order chi connectivity index (χ1) is 6.06. The smallest absolute Gasteiger partial charge is 0.335 e. The van der Waals surface area contributed by atoms with Gasteiger partial charge < -0.3 is 19.7 Å². The Kier molecular flexibility index (Phi) is 3.24. The Hall–Kier alpha value is -0.650. The number of hydrogen-bond acceptors (Lipinski definition) is 5. The van der Waals surface area contributed by atoms with Crippen LogP contribution in [0.5, 0.6) is 0 Å². The van der Waals surface area contributed by atoms with Crippen molar-refractivity contribution in [1.82, 2.24) is 0 Å². The molecule has 1 aliphatic heterocycles. The van der Waals surface area contributed by atoms with Gasteiger partial charge in [0.1, 0.15) is 6.10 Å². The molecule has 1 saturated heterocycles. The predicted molar refractivity (Wildman–Crippen MR) is 43.0 cm³/mol. The van der Waals surface area contributed by atoms with Crippen LogP contribution >= 0.6 is 0 Å². The largest absolute Gasteiger partial charge is 0.467 e. The zero-order valence-electron chi connectivity index (χ0n) is 7.64. The third kappa shape index (κ3) is 2.18. The maximum absolute atomic E-state index is 11.0. The first-order valence-electron chi connectivity index (χ1n) is 4.15. The number of methoxy groups -OCH3 is 1. The third-order valence-electron chi connectivity index (χ3n) is 2.17. The molecule has 0 radical (unpaired) electrons. The summed E-state index contributed by atoms with van der Waals surface area (Å²) in [5.41, 5.74) is 0. The van der Waals surface area contributed by atoms with Crippen LogP contribution in [0.4, 0.5) is 0 Å². The topological polar surface area (TPSA) is 76.0 Å². The lowest BCUT2D eigenvalue weighted by Crippen LogP contribution is -2.49. The molecule has 76 valence electrons. The van der Waals surface area contributed by atoms with Gasteiger partial charge >= 0.3 is 5.97 Å². The van der Waals surface area contributed by atoms with Gasteiger partial charge in [-0.3, -0.25) is 0 Å². The van der Waals surface area contributed by atoms with E-state index in [4.69, 9.17) is 4.74 Å². The fourth-order valence-electron chi connectivity index (χ4n) is 1.35. The van der Waals surface area contributed by atoms with Crippen molar-refractivity contribution in [2.45, 2.75) is 37.8 Å². The zero-order valence-corrected chi connectivity index (χ0v) is 7.64. The Balaban J connectivity index is 2.58. The highest BCUT2D eigenvalue weighted by atomic mass is 16.6. The van der Waals surface area contributed by atoms with E-state index in [1.165, 1.54) is 7.11 Å². The lowest BCUT2D eigenvalue weighted by molar-refractivity contribution is -0.188. The van der Waals surface area contributed by atoms with Crippen molar-refractivity contribution in [2.24, 2.45) is 0 Å². The Labute approximate surface area is 76.3 Å². The van der Waals surface area contributed by atoms with Crippen LogP contribution in [-0.4, -0.2) is 47.7 Å². The molecule has 0 aromatic heterocycles. The van der Waals surface area contributed by atoms with E-state index in [1.807, 2.05) is 0 Å². The fourth-order valence-corrected chi connectivity index (χ4v) is 1.35. The molecule has 0 spiro atoms. The van der Waals surface area contributed by atoms with Crippen LogP contribution in [0.3, 0.4) is 0 Å². The van der Waals surface area contributed by atoms with E-state index in [1.54, 1.807) is 6.92 Å².